The molecule has 0 radical (unpaired) electrons. The maximum Gasteiger partial charge on any atom is 0.251 e. The quantitative estimate of drug-likeness (QED) is 0.764. The normalized spacial score (nSPS) is 11.0. The van der Waals surface area contributed by atoms with E-state index in [1.165, 1.54) is 5.56 Å². The van der Waals surface area contributed by atoms with Crippen molar-refractivity contribution in [2.45, 2.75) is 40.2 Å². The van der Waals surface area contributed by atoms with Crippen molar-refractivity contribution in [2.24, 2.45) is 0 Å². The van der Waals surface area contributed by atoms with E-state index in [0.29, 0.717) is 11.3 Å². The average molecular weight is 353 g/mol. The van der Waals surface area contributed by atoms with Crippen LogP contribution >= 0.6 is 0 Å². The van der Waals surface area contributed by atoms with Crippen molar-refractivity contribution in [1.82, 2.24) is 5.32 Å². The van der Waals surface area contributed by atoms with Gasteiger partial charge >= 0.3 is 0 Å². The molecule has 0 saturated heterocycles. The van der Waals surface area contributed by atoms with Crippen molar-refractivity contribution in [3.63, 3.8) is 0 Å². The minimum Gasteiger partial charge on any atom is -0.376 e. The lowest BCUT2D eigenvalue weighted by atomic mass is 10.1. The molecular weight excluding hydrogens is 326 g/mol. The first-order valence-electron chi connectivity index (χ1n) is 8.67. The first-order valence-corrected chi connectivity index (χ1v) is 8.67. The molecule has 0 spiro atoms. The van der Waals surface area contributed by atoms with Crippen LogP contribution < -0.4 is 16.0 Å². The molecule has 2 amide bonds. The van der Waals surface area contributed by atoms with Crippen LogP contribution in [-0.2, 0) is 4.79 Å². The molecule has 0 aromatic heterocycles. The molecule has 0 aliphatic heterocycles. The van der Waals surface area contributed by atoms with Crippen LogP contribution in [0.5, 0.6) is 0 Å². The van der Waals surface area contributed by atoms with Crippen LogP contribution in [0.3, 0.4) is 0 Å². The summed E-state index contributed by atoms with van der Waals surface area (Å²) in [6, 6.07) is 12.9. The number of rotatable bonds is 5. The highest BCUT2D eigenvalue weighted by Gasteiger charge is 2.15. The number of amides is 2. The second-order valence-corrected chi connectivity index (χ2v) is 7.50. The topological polar surface area (TPSA) is 70.2 Å². The van der Waals surface area contributed by atoms with E-state index in [0.717, 1.165) is 11.3 Å². The second-order valence-electron chi connectivity index (χ2n) is 7.50. The van der Waals surface area contributed by atoms with E-state index in [2.05, 4.69) is 22.0 Å². The number of hydrogen-bond donors (Lipinski definition) is 3. The van der Waals surface area contributed by atoms with Gasteiger partial charge in [-0.3, -0.25) is 9.59 Å². The summed E-state index contributed by atoms with van der Waals surface area (Å²) in [5, 5.41) is 8.87. The van der Waals surface area contributed by atoms with Crippen LogP contribution in [0.1, 0.15) is 42.3 Å². The molecule has 0 saturated carbocycles. The molecule has 0 heterocycles. The van der Waals surface area contributed by atoms with E-state index in [1.54, 1.807) is 24.3 Å². The summed E-state index contributed by atoms with van der Waals surface area (Å²) in [6.45, 7) is 10.0. The molecule has 0 unspecified atom stereocenters. The summed E-state index contributed by atoms with van der Waals surface area (Å²) in [5.41, 5.74) is 4.17. The lowest BCUT2D eigenvalue weighted by Crippen LogP contribution is -2.40. The van der Waals surface area contributed by atoms with E-state index in [-0.39, 0.29) is 23.9 Å². The molecular formula is C21H27N3O2. The Kier molecular flexibility index (Phi) is 6.03. The summed E-state index contributed by atoms with van der Waals surface area (Å²) in [4.78, 5) is 24.2. The minimum atomic E-state index is -0.288. The largest absolute Gasteiger partial charge is 0.376 e. The highest BCUT2D eigenvalue weighted by molar-refractivity contribution is 5.97. The van der Waals surface area contributed by atoms with E-state index in [1.807, 2.05) is 46.8 Å². The fraction of sp³-hybridized carbons (Fsp3) is 0.333. The molecule has 0 fully saturated rings. The number of aryl methyl sites for hydroxylation is 2. The predicted octanol–water partition coefficient (Wildman–Crippen LogP) is 3.88. The zero-order valence-electron chi connectivity index (χ0n) is 16.1. The van der Waals surface area contributed by atoms with Gasteiger partial charge in [-0.05, 0) is 70.5 Å². The van der Waals surface area contributed by atoms with Gasteiger partial charge in [0.1, 0.15) is 0 Å². The van der Waals surface area contributed by atoms with E-state index in [9.17, 15) is 9.59 Å². The molecule has 138 valence electrons. The summed E-state index contributed by atoms with van der Waals surface area (Å²) in [6.07, 6.45) is 0. The Morgan fingerprint density at radius 1 is 0.962 bits per heavy atom. The number of hydrogen-bond acceptors (Lipinski definition) is 3. The monoisotopic (exact) mass is 353 g/mol. The predicted molar refractivity (Wildman–Crippen MR) is 107 cm³/mol. The molecule has 0 aliphatic rings. The summed E-state index contributed by atoms with van der Waals surface area (Å²) < 4.78 is 0. The molecule has 2 rings (SSSR count). The van der Waals surface area contributed by atoms with Crippen molar-refractivity contribution in [3.05, 3.63) is 59.2 Å². The number of anilines is 2. The number of benzene rings is 2. The first kappa shape index (κ1) is 19.5. The summed E-state index contributed by atoms with van der Waals surface area (Å²) in [7, 11) is 0. The maximum absolute atomic E-state index is 12.1. The van der Waals surface area contributed by atoms with Gasteiger partial charge in [0.25, 0.3) is 5.91 Å². The van der Waals surface area contributed by atoms with Crippen molar-refractivity contribution < 1.29 is 9.59 Å². The average Bonchev–Trinajstić information content (AvgIpc) is 2.53. The standard InChI is InChI=1S/C21H27N3O2/c1-14-6-11-18(15(2)12-14)22-13-19(25)23-17-9-7-16(8-10-17)20(26)24-21(3,4)5/h6-12,22H,13H2,1-5H3,(H,23,25)(H,24,26). The third-order valence-electron chi connectivity index (χ3n) is 3.74. The molecule has 2 aromatic rings. The number of carbonyl (C=O) groups excluding carboxylic acids is 2. The van der Waals surface area contributed by atoms with Crippen LogP contribution in [0.4, 0.5) is 11.4 Å². The molecule has 0 aliphatic carbocycles. The number of carbonyl (C=O) groups is 2. The molecule has 0 atom stereocenters. The van der Waals surface area contributed by atoms with Gasteiger partial charge < -0.3 is 16.0 Å². The van der Waals surface area contributed by atoms with Crippen LogP contribution in [0.15, 0.2) is 42.5 Å². The van der Waals surface area contributed by atoms with E-state index < -0.39 is 0 Å². The van der Waals surface area contributed by atoms with Gasteiger partial charge in [0, 0.05) is 22.5 Å². The Labute approximate surface area is 155 Å². The maximum atomic E-state index is 12.1. The smallest absolute Gasteiger partial charge is 0.251 e. The van der Waals surface area contributed by atoms with Crippen LogP contribution in [-0.4, -0.2) is 23.9 Å². The Hall–Kier alpha value is -2.82. The van der Waals surface area contributed by atoms with Crippen molar-refractivity contribution in [1.29, 1.82) is 0 Å². The molecule has 26 heavy (non-hydrogen) atoms. The van der Waals surface area contributed by atoms with Gasteiger partial charge in [-0.1, -0.05) is 17.7 Å². The molecule has 5 nitrogen and oxygen atoms in total. The van der Waals surface area contributed by atoms with Gasteiger partial charge in [0.2, 0.25) is 5.91 Å². The van der Waals surface area contributed by atoms with Gasteiger partial charge in [0.15, 0.2) is 0 Å². The number of nitrogens with one attached hydrogen (secondary N) is 3. The molecule has 3 N–H and O–H groups in total. The SMILES string of the molecule is Cc1ccc(NCC(=O)Nc2ccc(C(=O)NC(C)(C)C)cc2)c(C)c1. The summed E-state index contributed by atoms with van der Waals surface area (Å²) in [5.74, 6) is -0.274. The van der Waals surface area contributed by atoms with Crippen LogP contribution in [0.25, 0.3) is 0 Å². The van der Waals surface area contributed by atoms with Gasteiger partial charge in [-0.15, -0.1) is 0 Å². The van der Waals surface area contributed by atoms with Gasteiger partial charge in [0.05, 0.1) is 6.54 Å². The fourth-order valence-corrected chi connectivity index (χ4v) is 2.51. The van der Waals surface area contributed by atoms with Crippen molar-refractivity contribution >= 4 is 23.2 Å². The van der Waals surface area contributed by atoms with Crippen molar-refractivity contribution in [3.8, 4) is 0 Å². The lowest BCUT2D eigenvalue weighted by molar-refractivity contribution is -0.114. The Balaban J connectivity index is 1.90. The Bertz CT molecular complexity index is 790. The van der Waals surface area contributed by atoms with Crippen LogP contribution in [0.2, 0.25) is 0 Å². The zero-order chi connectivity index (χ0) is 19.3. The third kappa shape index (κ3) is 5.92. The molecule has 2 aromatic carbocycles. The Morgan fingerprint density at radius 3 is 2.19 bits per heavy atom. The van der Waals surface area contributed by atoms with Crippen molar-refractivity contribution in [2.75, 3.05) is 17.2 Å². The third-order valence-corrected chi connectivity index (χ3v) is 3.74. The lowest BCUT2D eigenvalue weighted by Gasteiger charge is -2.20. The first-order chi connectivity index (χ1) is 12.1. The minimum absolute atomic E-state index is 0.133. The molecule has 5 heteroatoms. The van der Waals surface area contributed by atoms with E-state index in [4.69, 9.17) is 0 Å². The fourth-order valence-electron chi connectivity index (χ4n) is 2.51. The van der Waals surface area contributed by atoms with Gasteiger partial charge in [-0.25, -0.2) is 0 Å². The molecule has 0 bridgehead atoms. The van der Waals surface area contributed by atoms with E-state index >= 15 is 0 Å². The Morgan fingerprint density at radius 2 is 1.62 bits per heavy atom. The summed E-state index contributed by atoms with van der Waals surface area (Å²) >= 11 is 0. The highest BCUT2D eigenvalue weighted by Crippen LogP contribution is 2.16. The van der Waals surface area contributed by atoms with Crippen LogP contribution in [0, 0.1) is 13.8 Å². The highest BCUT2D eigenvalue weighted by atomic mass is 16.2. The van der Waals surface area contributed by atoms with Gasteiger partial charge in [-0.2, -0.15) is 0 Å². The zero-order valence-corrected chi connectivity index (χ0v) is 16.1. The second kappa shape index (κ2) is 8.04.